The van der Waals surface area contributed by atoms with Crippen LogP contribution in [-0.4, -0.2) is 34.9 Å². The molecule has 0 aliphatic carbocycles. The number of hydrogen-bond donors (Lipinski definition) is 2. The van der Waals surface area contributed by atoms with E-state index in [2.05, 4.69) is 39.5 Å². The van der Waals surface area contributed by atoms with E-state index in [4.69, 9.17) is 5.73 Å². The number of anilines is 1. The highest BCUT2D eigenvalue weighted by Crippen LogP contribution is 2.21. The second-order valence-electron chi connectivity index (χ2n) is 6.27. The average Bonchev–Trinajstić information content (AvgIpc) is 2.62. The van der Waals surface area contributed by atoms with Crippen molar-refractivity contribution in [3.63, 3.8) is 0 Å². The number of nitrogens with two attached hydrogens (primary N) is 1. The van der Waals surface area contributed by atoms with E-state index in [1.54, 1.807) is 6.20 Å². The number of aromatic nitrogens is 1. The third kappa shape index (κ3) is 4.11. The average molecular weight is 324 g/mol. The van der Waals surface area contributed by atoms with Crippen molar-refractivity contribution in [1.29, 1.82) is 0 Å². The number of rotatable bonds is 6. The van der Waals surface area contributed by atoms with Crippen LogP contribution in [0.15, 0.2) is 48.8 Å². The molecule has 5 heteroatoms. The zero-order valence-electron chi connectivity index (χ0n) is 13.8. The summed E-state index contributed by atoms with van der Waals surface area (Å²) in [7, 11) is 0. The lowest BCUT2D eigenvalue weighted by atomic mass is 10.0. The second kappa shape index (κ2) is 7.93. The van der Waals surface area contributed by atoms with Crippen LogP contribution in [0.4, 0.5) is 5.69 Å². The van der Waals surface area contributed by atoms with Gasteiger partial charge in [0.1, 0.15) is 0 Å². The molecule has 1 saturated heterocycles. The van der Waals surface area contributed by atoms with Crippen LogP contribution in [0.25, 0.3) is 0 Å². The highest BCUT2D eigenvalue weighted by molar-refractivity contribution is 5.98. The summed E-state index contributed by atoms with van der Waals surface area (Å²) in [5, 5.41) is 3.40. The lowest BCUT2D eigenvalue weighted by Crippen LogP contribution is -2.43. The van der Waals surface area contributed by atoms with Crippen molar-refractivity contribution in [2.24, 2.45) is 5.73 Å². The zero-order valence-corrected chi connectivity index (χ0v) is 13.8. The van der Waals surface area contributed by atoms with Crippen LogP contribution in [0.5, 0.6) is 0 Å². The minimum atomic E-state index is -0.449. The number of pyridine rings is 1. The molecule has 0 spiro atoms. The van der Waals surface area contributed by atoms with E-state index in [9.17, 15) is 4.79 Å². The van der Waals surface area contributed by atoms with Crippen molar-refractivity contribution in [2.45, 2.75) is 31.8 Å². The fourth-order valence-corrected chi connectivity index (χ4v) is 3.29. The molecule has 1 aromatic heterocycles. The van der Waals surface area contributed by atoms with Crippen LogP contribution in [0.2, 0.25) is 0 Å². The molecule has 1 amide bonds. The van der Waals surface area contributed by atoms with Crippen molar-refractivity contribution in [2.75, 3.05) is 18.4 Å². The van der Waals surface area contributed by atoms with Gasteiger partial charge in [-0.05, 0) is 31.0 Å². The smallest absolute Gasteiger partial charge is 0.252 e. The van der Waals surface area contributed by atoms with Gasteiger partial charge in [0.05, 0.1) is 11.3 Å². The summed E-state index contributed by atoms with van der Waals surface area (Å²) in [5.74, 6) is -0.449. The molecule has 1 fully saturated rings. The molecule has 24 heavy (non-hydrogen) atoms. The summed E-state index contributed by atoms with van der Waals surface area (Å²) < 4.78 is 0. The Morgan fingerprint density at radius 3 is 2.88 bits per heavy atom. The number of benzene rings is 1. The maximum absolute atomic E-state index is 11.5. The molecule has 2 heterocycles. The summed E-state index contributed by atoms with van der Waals surface area (Å²) in [6.07, 6.45) is 6.85. The number of likely N-dealkylation sites (tertiary alicyclic amines) is 1. The van der Waals surface area contributed by atoms with E-state index in [-0.39, 0.29) is 0 Å². The number of primary amides is 1. The van der Waals surface area contributed by atoms with Crippen LogP contribution < -0.4 is 11.1 Å². The molecule has 1 aliphatic heterocycles. The summed E-state index contributed by atoms with van der Waals surface area (Å²) in [5.41, 5.74) is 7.98. The van der Waals surface area contributed by atoms with E-state index in [0.717, 1.165) is 31.7 Å². The number of carbonyl (C=O) groups excluding carboxylic acids is 1. The molecule has 0 radical (unpaired) electrons. The lowest BCUT2D eigenvalue weighted by Gasteiger charge is -2.36. The molecule has 3 rings (SSSR count). The minimum absolute atomic E-state index is 0.447. The predicted molar refractivity (Wildman–Crippen MR) is 95.7 cm³/mol. The van der Waals surface area contributed by atoms with Crippen LogP contribution in [0.1, 0.15) is 35.2 Å². The van der Waals surface area contributed by atoms with E-state index < -0.39 is 5.91 Å². The van der Waals surface area contributed by atoms with Crippen molar-refractivity contribution < 1.29 is 4.79 Å². The normalized spacial score (nSPS) is 18.2. The monoisotopic (exact) mass is 324 g/mol. The highest BCUT2D eigenvalue weighted by Gasteiger charge is 2.22. The maximum atomic E-state index is 11.5. The molecule has 0 saturated carbocycles. The minimum Gasteiger partial charge on any atom is -0.383 e. The molecular formula is C19H24N4O. The van der Waals surface area contributed by atoms with E-state index in [0.29, 0.717) is 11.6 Å². The zero-order chi connectivity index (χ0) is 16.8. The van der Waals surface area contributed by atoms with Crippen LogP contribution >= 0.6 is 0 Å². The largest absolute Gasteiger partial charge is 0.383 e. The molecule has 1 atom stereocenters. The summed E-state index contributed by atoms with van der Waals surface area (Å²) in [4.78, 5) is 18.0. The van der Waals surface area contributed by atoms with Crippen molar-refractivity contribution >= 4 is 11.6 Å². The number of piperidine rings is 1. The number of hydrogen-bond acceptors (Lipinski definition) is 4. The van der Waals surface area contributed by atoms with Crippen molar-refractivity contribution in [1.82, 2.24) is 9.88 Å². The van der Waals surface area contributed by atoms with Gasteiger partial charge in [-0.3, -0.25) is 14.7 Å². The second-order valence-corrected chi connectivity index (χ2v) is 6.27. The third-order valence-corrected chi connectivity index (χ3v) is 4.59. The van der Waals surface area contributed by atoms with Gasteiger partial charge in [0, 0.05) is 31.5 Å². The molecule has 126 valence electrons. The maximum Gasteiger partial charge on any atom is 0.252 e. The van der Waals surface area contributed by atoms with Crippen LogP contribution in [0.3, 0.4) is 0 Å². The number of nitrogens with zero attached hydrogens (tertiary/aromatic N) is 2. The van der Waals surface area contributed by atoms with Gasteiger partial charge in [0.15, 0.2) is 0 Å². The molecule has 0 bridgehead atoms. The topological polar surface area (TPSA) is 71.2 Å². The first-order valence-electron chi connectivity index (χ1n) is 8.49. The van der Waals surface area contributed by atoms with E-state index in [1.165, 1.54) is 24.6 Å². The van der Waals surface area contributed by atoms with Gasteiger partial charge < -0.3 is 11.1 Å². The Morgan fingerprint density at radius 1 is 1.25 bits per heavy atom. The molecule has 2 aromatic rings. The summed E-state index contributed by atoms with van der Waals surface area (Å²) in [6, 6.07) is 12.8. The van der Waals surface area contributed by atoms with Gasteiger partial charge in [0.2, 0.25) is 0 Å². The van der Waals surface area contributed by atoms with Gasteiger partial charge in [-0.2, -0.15) is 0 Å². The standard InChI is InChI=1S/C19H24N4O/c20-19(24)17-13-21-10-9-18(17)22-12-16-8-4-5-11-23(16)14-15-6-2-1-3-7-15/h1-3,6-7,9-10,13,16H,4-5,8,11-12,14H2,(H2,20,24)(H,21,22). The third-order valence-electron chi connectivity index (χ3n) is 4.59. The Bertz CT molecular complexity index is 674. The summed E-state index contributed by atoms with van der Waals surface area (Å²) >= 11 is 0. The number of amides is 1. The fourth-order valence-electron chi connectivity index (χ4n) is 3.29. The first-order valence-corrected chi connectivity index (χ1v) is 8.49. The molecule has 1 unspecified atom stereocenters. The first-order chi connectivity index (χ1) is 11.7. The van der Waals surface area contributed by atoms with Gasteiger partial charge in [-0.1, -0.05) is 36.8 Å². The Morgan fingerprint density at radius 2 is 2.08 bits per heavy atom. The van der Waals surface area contributed by atoms with E-state index in [1.807, 2.05) is 12.1 Å². The predicted octanol–water partition coefficient (Wildman–Crippen LogP) is 2.65. The lowest BCUT2D eigenvalue weighted by molar-refractivity contribution is 0.100. The van der Waals surface area contributed by atoms with E-state index >= 15 is 0 Å². The Balaban J connectivity index is 1.65. The first kappa shape index (κ1) is 16.5. The Hall–Kier alpha value is -2.40. The number of carbonyl (C=O) groups is 1. The van der Waals surface area contributed by atoms with Crippen molar-refractivity contribution in [3.05, 3.63) is 59.9 Å². The quantitative estimate of drug-likeness (QED) is 0.857. The van der Waals surface area contributed by atoms with Crippen LogP contribution in [0, 0.1) is 0 Å². The summed E-state index contributed by atoms with van der Waals surface area (Å²) in [6.45, 7) is 2.88. The van der Waals surface area contributed by atoms with Gasteiger partial charge in [-0.15, -0.1) is 0 Å². The Labute approximate surface area is 142 Å². The molecule has 3 N–H and O–H groups in total. The molecular weight excluding hydrogens is 300 g/mol. The van der Waals surface area contributed by atoms with Crippen LogP contribution in [-0.2, 0) is 6.54 Å². The van der Waals surface area contributed by atoms with Crippen molar-refractivity contribution in [3.8, 4) is 0 Å². The SMILES string of the molecule is NC(=O)c1cnccc1NCC1CCCCN1Cc1ccccc1. The molecule has 5 nitrogen and oxygen atoms in total. The Kier molecular flexibility index (Phi) is 5.43. The molecule has 1 aliphatic rings. The highest BCUT2D eigenvalue weighted by atomic mass is 16.1. The fraction of sp³-hybridized carbons (Fsp3) is 0.368. The molecule has 1 aromatic carbocycles. The number of nitrogens with one attached hydrogen (secondary N) is 1. The van der Waals surface area contributed by atoms with Gasteiger partial charge >= 0.3 is 0 Å². The van der Waals surface area contributed by atoms with Gasteiger partial charge in [-0.25, -0.2) is 0 Å². The van der Waals surface area contributed by atoms with Gasteiger partial charge in [0.25, 0.3) is 5.91 Å².